The Kier molecular flexibility index (Phi) is 10.7. The van der Waals surface area contributed by atoms with E-state index in [1.54, 1.807) is 30.3 Å². The molecule has 0 bridgehead atoms. The number of hydrogen-bond donors (Lipinski definition) is 2. The Bertz CT molecular complexity index is 1120. The highest BCUT2D eigenvalue weighted by Crippen LogP contribution is 2.31. The molecule has 3 aromatic rings. The van der Waals surface area contributed by atoms with E-state index in [-0.39, 0.29) is 28.8 Å². The lowest BCUT2D eigenvalue weighted by atomic mass is 10.1. The fourth-order valence-corrected chi connectivity index (χ4v) is 4.50. The molecule has 0 aliphatic rings. The van der Waals surface area contributed by atoms with E-state index >= 15 is 0 Å². The summed E-state index contributed by atoms with van der Waals surface area (Å²) in [4.78, 5) is 0.348. The highest BCUT2D eigenvalue weighted by Gasteiger charge is 2.19. The second-order valence-electron chi connectivity index (χ2n) is 7.40. The zero-order valence-electron chi connectivity index (χ0n) is 19.1. The molecule has 0 unspecified atom stereocenters. The summed E-state index contributed by atoms with van der Waals surface area (Å²) >= 11 is 0. The standard InChI is InChI=1S/C25H29NO6S.ClH/c1-30-24-13-12-23(16-25(24)31-2)33(28,29)22-10-8-19(9-11-22)14-15-26-17-20(27)18-32-21-6-4-3-5-7-21;/h3-13,16,20,26-27H,14-15,17-18H2,1-2H3;1H/t20-;/m0./s1. The van der Waals surface area contributed by atoms with Crippen LogP contribution in [0.4, 0.5) is 0 Å². The first-order valence-electron chi connectivity index (χ1n) is 10.6. The van der Waals surface area contributed by atoms with Gasteiger partial charge in [-0.1, -0.05) is 30.3 Å². The monoisotopic (exact) mass is 507 g/mol. The van der Waals surface area contributed by atoms with Gasteiger partial charge in [0.25, 0.3) is 0 Å². The van der Waals surface area contributed by atoms with Crippen molar-refractivity contribution in [3.05, 3.63) is 78.4 Å². The Labute approximate surface area is 207 Å². The molecule has 0 saturated carbocycles. The number of ether oxygens (including phenoxy) is 3. The molecule has 2 N–H and O–H groups in total. The van der Waals surface area contributed by atoms with E-state index in [1.807, 2.05) is 30.3 Å². The lowest BCUT2D eigenvalue weighted by Gasteiger charge is -2.13. The van der Waals surface area contributed by atoms with Gasteiger partial charge in [0.05, 0.1) is 24.0 Å². The fourth-order valence-electron chi connectivity index (χ4n) is 3.22. The maximum atomic E-state index is 13.0. The number of hydrogen-bond acceptors (Lipinski definition) is 7. The van der Waals surface area contributed by atoms with E-state index < -0.39 is 15.9 Å². The summed E-state index contributed by atoms with van der Waals surface area (Å²) in [6, 6.07) is 20.7. The van der Waals surface area contributed by atoms with Gasteiger partial charge in [0.15, 0.2) is 11.5 Å². The predicted molar refractivity (Wildman–Crippen MR) is 133 cm³/mol. The minimum absolute atomic E-state index is 0. The van der Waals surface area contributed by atoms with Gasteiger partial charge in [-0.15, -0.1) is 12.4 Å². The van der Waals surface area contributed by atoms with Crippen molar-refractivity contribution in [3.63, 3.8) is 0 Å². The molecule has 9 heteroatoms. The fraction of sp³-hybridized carbons (Fsp3) is 0.280. The Hall–Kier alpha value is -2.78. The van der Waals surface area contributed by atoms with Crippen molar-refractivity contribution in [2.24, 2.45) is 0 Å². The number of aliphatic hydroxyl groups is 1. The van der Waals surface area contributed by atoms with Gasteiger partial charge < -0.3 is 24.6 Å². The molecule has 0 aromatic heterocycles. The third-order valence-corrected chi connectivity index (χ3v) is 6.82. The van der Waals surface area contributed by atoms with Crippen LogP contribution in [0, 0.1) is 0 Å². The molecule has 34 heavy (non-hydrogen) atoms. The highest BCUT2D eigenvalue weighted by atomic mass is 35.5. The molecule has 7 nitrogen and oxygen atoms in total. The van der Waals surface area contributed by atoms with Crippen molar-refractivity contribution < 1.29 is 27.7 Å². The number of rotatable bonds is 12. The normalized spacial score (nSPS) is 11.9. The van der Waals surface area contributed by atoms with Crippen molar-refractivity contribution in [2.45, 2.75) is 22.3 Å². The van der Waals surface area contributed by atoms with E-state index in [0.717, 1.165) is 11.3 Å². The molecule has 3 aromatic carbocycles. The van der Waals surface area contributed by atoms with E-state index in [2.05, 4.69) is 5.32 Å². The van der Waals surface area contributed by atoms with Crippen LogP contribution in [0.1, 0.15) is 5.56 Å². The number of aliphatic hydroxyl groups excluding tert-OH is 1. The third-order valence-electron chi connectivity index (χ3n) is 5.05. The van der Waals surface area contributed by atoms with Crippen LogP contribution in [0.5, 0.6) is 17.2 Å². The SMILES string of the molecule is COc1ccc(S(=O)(=O)c2ccc(CCNC[C@H](O)COc3ccccc3)cc2)cc1OC.Cl. The molecule has 0 spiro atoms. The lowest BCUT2D eigenvalue weighted by Crippen LogP contribution is -2.32. The number of benzene rings is 3. The van der Waals surface area contributed by atoms with Crippen LogP contribution in [-0.4, -0.2) is 53.5 Å². The van der Waals surface area contributed by atoms with Crippen molar-refractivity contribution in [1.29, 1.82) is 0 Å². The van der Waals surface area contributed by atoms with E-state index in [1.165, 1.54) is 26.4 Å². The summed E-state index contributed by atoms with van der Waals surface area (Å²) < 4.78 is 41.8. The Morgan fingerprint density at radius 2 is 1.53 bits per heavy atom. The van der Waals surface area contributed by atoms with Crippen molar-refractivity contribution in [2.75, 3.05) is 33.9 Å². The smallest absolute Gasteiger partial charge is 0.206 e. The Morgan fingerprint density at radius 3 is 2.18 bits per heavy atom. The van der Waals surface area contributed by atoms with Crippen LogP contribution in [0.3, 0.4) is 0 Å². The van der Waals surface area contributed by atoms with Gasteiger partial charge in [-0.25, -0.2) is 8.42 Å². The first-order chi connectivity index (χ1) is 15.9. The van der Waals surface area contributed by atoms with Crippen LogP contribution >= 0.6 is 12.4 Å². The van der Waals surface area contributed by atoms with Gasteiger partial charge in [0.1, 0.15) is 18.5 Å². The van der Waals surface area contributed by atoms with Crippen molar-refractivity contribution in [3.8, 4) is 17.2 Å². The molecule has 184 valence electrons. The van der Waals surface area contributed by atoms with Crippen LogP contribution < -0.4 is 19.5 Å². The second-order valence-corrected chi connectivity index (χ2v) is 9.35. The van der Waals surface area contributed by atoms with Gasteiger partial charge in [0, 0.05) is 12.6 Å². The van der Waals surface area contributed by atoms with Crippen LogP contribution in [0.15, 0.2) is 82.6 Å². The molecule has 0 heterocycles. The van der Waals surface area contributed by atoms with E-state index in [4.69, 9.17) is 14.2 Å². The summed E-state index contributed by atoms with van der Waals surface area (Å²) in [5.41, 5.74) is 0.990. The first kappa shape index (κ1) is 27.5. The third kappa shape index (κ3) is 7.36. The maximum absolute atomic E-state index is 13.0. The maximum Gasteiger partial charge on any atom is 0.206 e. The summed E-state index contributed by atoms with van der Waals surface area (Å²) in [6.07, 6.45) is 0.0716. The average molecular weight is 508 g/mol. The topological polar surface area (TPSA) is 94.1 Å². The zero-order valence-corrected chi connectivity index (χ0v) is 20.8. The molecule has 0 aliphatic heterocycles. The molecule has 0 fully saturated rings. The van der Waals surface area contributed by atoms with Gasteiger partial charge in [-0.05, 0) is 54.9 Å². The summed E-state index contributed by atoms with van der Waals surface area (Å²) in [5, 5.41) is 13.2. The number of para-hydroxylation sites is 1. The molecular weight excluding hydrogens is 478 g/mol. The number of nitrogens with one attached hydrogen (secondary N) is 1. The van der Waals surface area contributed by atoms with Gasteiger partial charge >= 0.3 is 0 Å². The minimum atomic E-state index is -3.68. The molecule has 1 atom stereocenters. The minimum Gasteiger partial charge on any atom is -0.493 e. The zero-order chi connectivity index (χ0) is 23.7. The lowest BCUT2D eigenvalue weighted by molar-refractivity contribution is 0.106. The van der Waals surface area contributed by atoms with Gasteiger partial charge in [-0.3, -0.25) is 0 Å². The Morgan fingerprint density at radius 1 is 0.882 bits per heavy atom. The summed E-state index contributed by atoms with van der Waals surface area (Å²) in [5.74, 6) is 1.55. The number of sulfone groups is 1. The van der Waals surface area contributed by atoms with E-state index in [9.17, 15) is 13.5 Å². The van der Waals surface area contributed by atoms with Crippen molar-refractivity contribution in [1.82, 2.24) is 5.32 Å². The molecule has 0 amide bonds. The van der Waals surface area contributed by atoms with Crippen molar-refractivity contribution >= 4 is 22.2 Å². The first-order valence-corrected chi connectivity index (χ1v) is 12.0. The predicted octanol–water partition coefficient (Wildman–Crippen LogP) is 3.53. The molecular formula is C25H30ClNO6S. The number of methoxy groups -OCH3 is 2. The summed E-state index contributed by atoms with van der Waals surface area (Å²) in [7, 11) is -0.714. The summed E-state index contributed by atoms with van der Waals surface area (Å²) in [6.45, 7) is 1.25. The molecule has 0 aliphatic carbocycles. The van der Waals surface area contributed by atoms with Crippen LogP contribution in [0.25, 0.3) is 0 Å². The highest BCUT2D eigenvalue weighted by molar-refractivity contribution is 7.91. The molecule has 0 radical (unpaired) electrons. The Balaban J connectivity index is 0.00000408. The largest absolute Gasteiger partial charge is 0.493 e. The average Bonchev–Trinajstić information content (AvgIpc) is 2.85. The van der Waals surface area contributed by atoms with Crippen LogP contribution in [-0.2, 0) is 16.3 Å². The van der Waals surface area contributed by atoms with Gasteiger partial charge in [0.2, 0.25) is 9.84 Å². The number of halogens is 1. The molecule has 0 saturated heterocycles. The quantitative estimate of drug-likeness (QED) is 0.362. The van der Waals surface area contributed by atoms with E-state index in [0.29, 0.717) is 31.0 Å². The van der Waals surface area contributed by atoms with Crippen LogP contribution in [0.2, 0.25) is 0 Å². The van der Waals surface area contributed by atoms with Gasteiger partial charge in [-0.2, -0.15) is 0 Å². The second kappa shape index (κ2) is 13.2. The molecule has 3 rings (SSSR count).